The Kier molecular flexibility index (Phi) is 5.35. The first kappa shape index (κ1) is 13.6. The Hall–Kier alpha value is -0.480. The van der Waals surface area contributed by atoms with Crippen LogP contribution in [0, 0.1) is 0 Å². The number of carbonyl (C=O) groups excluding carboxylic acids is 1. The summed E-state index contributed by atoms with van der Waals surface area (Å²) in [5, 5.41) is 12.1. The van der Waals surface area contributed by atoms with E-state index < -0.39 is 0 Å². The number of benzene rings is 1. The third-order valence-corrected chi connectivity index (χ3v) is 2.65. The number of carbonyl (C=O) groups is 1. The van der Waals surface area contributed by atoms with Crippen molar-refractivity contribution < 1.29 is 9.90 Å². The van der Waals surface area contributed by atoms with E-state index in [-0.39, 0.29) is 29.0 Å². The highest BCUT2D eigenvalue weighted by atomic mass is 35.5. The van der Waals surface area contributed by atoms with Crippen molar-refractivity contribution in [1.29, 1.82) is 0 Å². The van der Waals surface area contributed by atoms with Gasteiger partial charge in [-0.25, -0.2) is 0 Å². The minimum Gasteiger partial charge on any atom is -0.396 e. The van der Waals surface area contributed by atoms with Crippen molar-refractivity contribution in [3.8, 4) is 0 Å². The molecule has 88 valence electrons. The third kappa shape index (κ3) is 3.83. The number of amides is 1. The van der Waals surface area contributed by atoms with Crippen molar-refractivity contribution in [2.24, 2.45) is 0 Å². The number of hydrogen-bond donors (Lipinski definition) is 2. The molecule has 0 aliphatic rings. The lowest BCUT2D eigenvalue weighted by molar-refractivity contribution is -0.116. The number of nitrogens with one attached hydrogen (secondary N) is 1. The summed E-state index contributed by atoms with van der Waals surface area (Å²) in [6.07, 6.45) is 0.612. The first-order valence-electron chi connectivity index (χ1n) is 4.60. The molecule has 0 heterocycles. The molecule has 0 fully saturated rings. The quantitative estimate of drug-likeness (QED) is 0.889. The van der Waals surface area contributed by atoms with E-state index in [2.05, 4.69) is 5.32 Å². The van der Waals surface area contributed by atoms with Gasteiger partial charge in [-0.1, -0.05) is 34.8 Å². The average Bonchev–Trinajstić information content (AvgIpc) is 2.20. The van der Waals surface area contributed by atoms with Gasteiger partial charge in [0.25, 0.3) is 0 Å². The van der Waals surface area contributed by atoms with Crippen LogP contribution < -0.4 is 5.32 Å². The molecule has 1 aromatic rings. The Morgan fingerprint density at radius 1 is 1.25 bits per heavy atom. The number of aliphatic hydroxyl groups is 1. The second kappa shape index (κ2) is 6.30. The minimum atomic E-state index is -0.250. The summed E-state index contributed by atoms with van der Waals surface area (Å²) >= 11 is 17.5. The maximum atomic E-state index is 11.4. The van der Waals surface area contributed by atoms with E-state index in [1.165, 1.54) is 12.1 Å². The fourth-order valence-electron chi connectivity index (χ4n) is 1.10. The molecule has 0 saturated carbocycles. The number of rotatable bonds is 4. The van der Waals surface area contributed by atoms with E-state index in [4.69, 9.17) is 39.9 Å². The average molecular weight is 283 g/mol. The largest absolute Gasteiger partial charge is 0.396 e. The van der Waals surface area contributed by atoms with Crippen molar-refractivity contribution in [2.45, 2.75) is 12.8 Å². The Morgan fingerprint density at radius 3 is 2.31 bits per heavy atom. The molecule has 1 rings (SSSR count). The predicted octanol–water partition coefficient (Wildman–Crippen LogP) is 3.36. The number of anilines is 1. The molecule has 0 atom stereocenters. The van der Waals surface area contributed by atoms with Crippen molar-refractivity contribution in [3.05, 3.63) is 27.2 Å². The first-order valence-corrected chi connectivity index (χ1v) is 5.73. The van der Waals surface area contributed by atoms with Gasteiger partial charge in [0.15, 0.2) is 0 Å². The van der Waals surface area contributed by atoms with Crippen LogP contribution in [0.5, 0.6) is 0 Å². The van der Waals surface area contributed by atoms with E-state index in [1.807, 2.05) is 0 Å². The van der Waals surface area contributed by atoms with Crippen LogP contribution >= 0.6 is 34.8 Å². The van der Waals surface area contributed by atoms with Gasteiger partial charge in [-0.2, -0.15) is 0 Å². The fraction of sp³-hybridized carbons (Fsp3) is 0.300. The molecule has 0 aromatic heterocycles. The lowest BCUT2D eigenvalue weighted by Gasteiger charge is -2.09. The van der Waals surface area contributed by atoms with Gasteiger partial charge >= 0.3 is 0 Å². The molecule has 1 aromatic carbocycles. The Labute approximate surface area is 108 Å². The summed E-state index contributed by atoms with van der Waals surface area (Å²) in [4.78, 5) is 11.4. The van der Waals surface area contributed by atoms with Crippen LogP contribution in [0.4, 0.5) is 5.69 Å². The standard InChI is InChI=1S/C10H10Cl3NO2/c11-6-4-7(12)10(8(13)5-6)14-9(16)2-1-3-15/h4-5,15H,1-3H2,(H,14,16). The summed E-state index contributed by atoms with van der Waals surface area (Å²) < 4.78 is 0. The van der Waals surface area contributed by atoms with Gasteiger partial charge in [-0.05, 0) is 18.6 Å². The second-order valence-corrected chi connectivity index (χ2v) is 4.37. The molecule has 0 unspecified atom stereocenters. The van der Waals surface area contributed by atoms with Gasteiger partial charge in [-0.3, -0.25) is 4.79 Å². The minimum absolute atomic E-state index is 0.0322. The van der Waals surface area contributed by atoms with Crippen molar-refractivity contribution >= 4 is 46.4 Å². The lowest BCUT2D eigenvalue weighted by atomic mass is 10.2. The lowest BCUT2D eigenvalue weighted by Crippen LogP contribution is -2.12. The highest BCUT2D eigenvalue weighted by molar-refractivity contribution is 6.42. The van der Waals surface area contributed by atoms with Crippen LogP contribution in [-0.2, 0) is 4.79 Å². The molecule has 0 aliphatic carbocycles. The molecule has 0 saturated heterocycles. The van der Waals surface area contributed by atoms with Crippen LogP contribution in [0.3, 0.4) is 0 Å². The molecule has 0 spiro atoms. The molecule has 3 nitrogen and oxygen atoms in total. The Morgan fingerprint density at radius 2 is 1.81 bits per heavy atom. The maximum absolute atomic E-state index is 11.4. The van der Waals surface area contributed by atoms with Crippen molar-refractivity contribution in [2.75, 3.05) is 11.9 Å². The zero-order valence-corrected chi connectivity index (χ0v) is 10.5. The molecule has 1 amide bonds. The van der Waals surface area contributed by atoms with Gasteiger partial charge in [0.2, 0.25) is 5.91 Å². The number of aliphatic hydroxyl groups excluding tert-OH is 1. The zero-order valence-electron chi connectivity index (χ0n) is 8.27. The van der Waals surface area contributed by atoms with E-state index in [0.29, 0.717) is 17.1 Å². The van der Waals surface area contributed by atoms with Gasteiger partial charge in [-0.15, -0.1) is 0 Å². The second-order valence-electron chi connectivity index (χ2n) is 3.12. The van der Waals surface area contributed by atoms with Crippen molar-refractivity contribution in [3.63, 3.8) is 0 Å². The summed E-state index contributed by atoms with van der Waals surface area (Å²) in [6.45, 7) is -0.0322. The SMILES string of the molecule is O=C(CCCO)Nc1c(Cl)cc(Cl)cc1Cl. The molecule has 6 heteroatoms. The summed E-state index contributed by atoms with van der Waals surface area (Å²) in [5.41, 5.74) is 0.343. The normalized spacial score (nSPS) is 10.2. The smallest absolute Gasteiger partial charge is 0.224 e. The van der Waals surface area contributed by atoms with E-state index in [1.54, 1.807) is 0 Å². The van der Waals surface area contributed by atoms with Crippen LogP contribution in [0.1, 0.15) is 12.8 Å². The van der Waals surface area contributed by atoms with E-state index in [9.17, 15) is 4.79 Å². The summed E-state index contributed by atoms with van der Waals surface area (Å²) in [7, 11) is 0. The summed E-state index contributed by atoms with van der Waals surface area (Å²) in [6, 6.07) is 2.99. The van der Waals surface area contributed by atoms with Gasteiger partial charge < -0.3 is 10.4 Å². The summed E-state index contributed by atoms with van der Waals surface area (Å²) in [5.74, 6) is -0.250. The Balaban J connectivity index is 2.77. The topological polar surface area (TPSA) is 49.3 Å². The van der Waals surface area contributed by atoms with E-state index >= 15 is 0 Å². The maximum Gasteiger partial charge on any atom is 0.224 e. The van der Waals surface area contributed by atoms with Crippen LogP contribution in [0.2, 0.25) is 15.1 Å². The van der Waals surface area contributed by atoms with Gasteiger partial charge in [0.1, 0.15) is 0 Å². The zero-order chi connectivity index (χ0) is 12.1. The first-order chi connectivity index (χ1) is 7.54. The number of halogens is 3. The van der Waals surface area contributed by atoms with Crippen LogP contribution in [0.25, 0.3) is 0 Å². The van der Waals surface area contributed by atoms with Crippen molar-refractivity contribution in [1.82, 2.24) is 0 Å². The molecule has 16 heavy (non-hydrogen) atoms. The monoisotopic (exact) mass is 281 g/mol. The van der Waals surface area contributed by atoms with Crippen LogP contribution in [0.15, 0.2) is 12.1 Å². The third-order valence-electron chi connectivity index (χ3n) is 1.83. The molecular formula is C10H10Cl3NO2. The highest BCUT2D eigenvalue weighted by Crippen LogP contribution is 2.33. The molecule has 0 aliphatic heterocycles. The molecule has 2 N–H and O–H groups in total. The van der Waals surface area contributed by atoms with E-state index in [0.717, 1.165) is 0 Å². The predicted molar refractivity (Wildman–Crippen MR) is 66.4 cm³/mol. The van der Waals surface area contributed by atoms with Crippen LogP contribution in [-0.4, -0.2) is 17.6 Å². The van der Waals surface area contributed by atoms with Gasteiger partial charge in [0.05, 0.1) is 15.7 Å². The molecule has 0 radical (unpaired) electrons. The molecule has 0 bridgehead atoms. The van der Waals surface area contributed by atoms with Gasteiger partial charge in [0, 0.05) is 18.1 Å². The fourth-order valence-corrected chi connectivity index (χ4v) is 2.01. The highest BCUT2D eigenvalue weighted by Gasteiger charge is 2.10. The molecular weight excluding hydrogens is 272 g/mol. The number of hydrogen-bond acceptors (Lipinski definition) is 2. The Bertz CT molecular complexity index is 373.